The summed E-state index contributed by atoms with van der Waals surface area (Å²) in [7, 11) is 0. The number of carbonyl (C=O) groups is 2. The van der Waals surface area contributed by atoms with E-state index in [4.69, 9.17) is 10.8 Å². The summed E-state index contributed by atoms with van der Waals surface area (Å²) in [5, 5.41) is 11.5. The zero-order valence-corrected chi connectivity index (χ0v) is 10.1. The van der Waals surface area contributed by atoms with Gasteiger partial charge < -0.3 is 16.2 Å². The van der Waals surface area contributed by atoms with E-state index >= 15 is 0 Å². The molecule has 5 nitrogen and oxygen atoms in total. The van der Waals surface area contributed by atoms with Gasteiger partial charge in [-0.15, -0.1) is 0 Å². The molecule has 0 aliphatic carbocycles. The molecule has 0 saturated carbocycles. The Balaban J connectivity index is 3.69. The molecular weight excluding hydrogens is 208 g/mol. The minimum absolute atomic E-state index is 0.0913. The number of amides is 1. The quantitative estimate of drug-likeness (QED) is 0.536. The highest BCUT2D eigenvalue weighted by atomic mass is 16.4. The van der Waals surface area contributed by atoms with E-state index in [-0.39, 0.29) is 12.5 Å². The summed E-state index contributed by atoms with van der Waals surface area (Å²) in [4.78, 5) is 22.1. The number of hydrogen-bond donors (Lipinski definition) is 3. The van der Waals surface area contributed by atoms with Gasteiger partial charge >= 0.3 is 5.97 Å². The van der Waals surface area contributed by atoms with Crippen LogP contribution in [0.3, 0.4) is 0 Å². The van der Waals surface area contributed by atoms with E-state index in [1.165, 1.54) is 0 Å². The molecule has 0 aromatic carbocycles. The summed E-state index contributed by atoms with van der Waals surface area (Å²) in [5.74, 6) is -0.998. The van der Waals surface area contributed by atoms with Gasteiger partial charge in [0.25, 0.3) is 0 Å². The maximum absolute atomic E-state index is 11.3. The van der Waals surface area contributed by atoms with Crippen molar-refractivity contribution in [3.63, 3.8) is 0 Å². The number of carbonyl (C=O) groups excluding carboxylic acids is 1. The molecule has 0 atom stereocenters. The average molecular weight is 230 g/mol. The first kappa shape index (κ1) is 14.9. The molecule has 1 amide bonds. The number of carboxylic acids is 1. The van der Waals surface area contributed by atoms with Gasteiger partial charge in [-0.1, -0.05) is 6.42 Å². The minimum atomic E-state index is -0.910. The van der Waals surface area contributed by atoms with Crippen molar-refractivity contribution >= 4 is 11.9 Å². The molecular formula is C11H22N2O3. The van der Waals surface area contributed by atoms with E-state index in [1.54, 1.807) is 13.8 Å². The van der Waals surface area contributed by atoms with Crippen molar-refractivity contribution in [2.75, 3.05) is 13.1 Å². The van der Waals surface area contributed by atoms with Crippen LogP contribution in [-0.2, 0) is 9.59 Å². The second-order valence-electron chi connectivity index (χ2n) is 4.57. The standard InChI is InChI=1S/C11H22N2O3/c1-11(2,10(15)16)8-13-9(14)6-4-3-5-7-12/h3-8,12H2,1-2H3,(H,13,14)(H,15,16). The highest BCUT2D eigenvalue weighted by Gasteiger charge is 2.27. The summed E-state index contributed by atoms with van der Waals surface area (Å²) in [5.41, 5.74) is 4.42. The second kappa shape index (κ2) is 7.22. The van der Waals surface area contributed by atoms with E-state index in [2.05, 4.69) is 5.32 Å². The van der Waals surface area contributed by atoms with E-state index in [1.807, 2.05) is 0 Å². The number of hydrogen-bond acceptors (Lipinski definition) is 3. The van der Waals surface area contributed by atoms with Crippen LogP contribution in [-0.4, -0.2) is 30.1 Å². The molecule has 0 aliphatic rings. The maximum Gasteiger partial charge on any atom is 0.310 e. The zero-order valence-electron chi connectivity index (χ0n) is 10.1. The highest BCUT2D eigenvalue weighted by Crippen LogP contribution is 2.13. The monoisotopic (exact) mass is 230 g/mol. The first-order chi connectivity index (χ1) is 7.40. The van der Waals surface area contributed by atoms with Gasteiger partial charge in [-0.25, -0.2) is 0 Å². The third-order valence-electron chi connectivity index (χ3n) is 2.41. The van der Waals surface area contributed by atoms with Gasteiger partial charge in [0, 0.05) is 13.0 Å². The number of nitrogens with one attached hydrogen (secondary N) is 1. The lowest BCUT2D eigenvalue weighted by Crippen LogP contribution is -2.38. The van der Waals surface area contributed by atoms with Crippen LogP contribution >= 0.6 is 0 Å². The predicted molar refractivity (Wildman–Crippen MR) is 61.9 cm³/mol. The normalized spacial score (nSPS) is 11.2. The van der Waals surface area contributed by atoms with Gasteiger partial charge in [0.15, 0.2) is 0 Å². The third kappa shape index (κ3) is 6.40. The van der Waals surface area contributed by atoms with Gasteiger partial charge in [0.2, 0.25) is 5.91 Å². The zero-order chi connectivity index (χ0) is 12.6. The molecule has 0 heterocycles. The predicted octanol–water partition coefficient (Wildman–Crippen LogP) is 0.733. The molecule has 5 heteroatoms. The third-order valence-corrected chi connectivity index (χ3v) is 2.41. The molecule has 0 aromatic rings. The Morgan fingerprint density at radius 2 is 1.88 bits per heavy atom. The molecule has 0 saturated heterocycles. The molecule has 94 valence electrons. The Morgan fingerprint density at radius 3 is 2.38 bits per heavy atom. The lowest BCUT2D eigenvalue weighted by Gasteiger charge is -2.19. The largest absolute Gasteiger partial charge is 0.481 e. The van der Waals surface area contributed by atoms with Crippen molar-refractivity contribution < 1.29 is 14.7 Å². The van der Waals surface area contributed by atoms with Crippen LogP contribution in [0.1, 0.15) is 39.5 Å². The number of aliphatic carboxylic acids is 1. The Morgan fingerprint density at radius 1 is 1.25 bits per heavy atom. The van der Waals surface area contributed by atoms with Crippen molar-refractivity contribution in [1.29, 1.82) is 0 Å². The summed E-state index contributed by atoms with van der Waals surface area (Å²) in [6.45, 7) is 3.99. The molecule has 16 heavy (non-hydrogen) atoms. The smallest absolute Gasteiger partial charge is 0.310 e. The minimum Gasteiger partial charge on any atom is -0.481 e. The van der Waals surface area contributed by atoms with Crippen LogP contribution in [0.25, 0.3) is 0 Å². The number of rotatable bonds is 8. The summed E-state index contributed by atoms with van der Waals surface area (Å²) in [6, 6.07) is 0. The summed E-state index contributed by atoms with van der Waals surface area (Å²) >= 11 is 0. The molecule has 0 spiro atoms. The summed E-state index contributed by atoms with van der Waals surface area (Å²) in [6.07, 6.45) is 3.10. The summed E-state index contributed by atoms with van der Waals surface area (Å²) < 4.78 is 0. The fraction of sp³-hybridized carbons (Fsp3) is 0.818. The molecule has 0 radical (unpaired) electrons. The average Bonchev–Trinajstić information content (AvgIpc) is 2.21. The highest BCUT2D eigenvalue weighted by molar-refractivity contribution is 5.78. The van der Waals surface area contributed by atoms with Gasteiger partial charge in [0.05, 0.1) is 5.41 Å². The molecule has 0 fully saturated rings. The Kier molecular flexibility index (Phi) is 6.72. The lowest BCUT2D eigenvalue weighted by molar-refractivity contribution is -0.146. The maximum atomic E-state index is 11.3. The van der Waals surface area contributed by atoms with E-state index in [0.717, 1.165) is 19.3 Å². The topological polar surface area (TPSA) is 92.4 Å². The van der Waals surface area contributed by atoms with E-state index in [9.17, 15) is 9.59 Å². The fourth-order valence-electron chi connectivity index (χ4n) is 1.09. The van der Waals surface area contributed by atoms with Crippen molar-refractivity contribution in [2.24, 2.45) is 11.1 Å². The molecule has 0 aliphatic heterocycles. The van der Waals surface area contributed by atoms with Gasteiger partial charge in [0.1, 0.15) is 0 Å². The Hall–Kier alpha value is -1.10. The number of nitrogens with two attached hydrogens (primary N) is 1. The second-order valence-corrected chi connectivity index (χ2v) is 4.57. The molecule has 0 aromatic heterocycles. The molecule has 0 rings (SSSR count). The number of carboxylic acid groups (broad SMARTS) is 1. The van der Waals surface area contributed by atoms with Gasteiger partial charge in [-0.05, 0) is 33.2 Å². The first-order valence-corrected chi connectivity index (χ1v) is 5.60. The van der Waals surface area contributed by atoms with Gasteiger partial charge in [-0.2, -0.15) is 0 Å². The van der Waals surface area contributed by atoms with Crippen molar-refractivity contribution in [2.45, 2.75) is 39.5 Å². The van der Waals surface area contributed by atoms with Crippen molar-refractivity contribution in [3.05, 3.63) is 0 Å². The van der Waals surface area contributed by atoms with Crippen LogP contribution in [0.2, 0.25) is 0 Å². The lowest BCUT2D eigenvalue weighted by atomic mass is 9.94. The van der Waals surface area contributed by atoms with Gasteiger partial charge in [-0.3, -0.25) is 9.59 Å². The van der Waals surface area contributed by atoms with Crippen molar-refractivity contribution in [3.8, 4) is 0 Å². The molecule has 0 unspecified atom stereocenters. The first-order valence-electron chi connectivity index (χ1n) is 5.60. The van der Waals surface area contributed by atoms with Crippen molar-refractivity contribution in [1.82, 2.24) is 5.32 Å². The Labute approximate surface area is 96.4 Å². The molecule has 0 bridgehead atoms. The SMILES string of the molecule is CC(C)(CNC(=O)CCCCCN)C(=O)O. The van der Waals surface area contributed by atoms with E-state index < -0.39 is 11.4 Å². The van der Waals surface area contributed by atoms with E-state index in [0.29, 0.717) is 13.0 Å². The number of unbranched alkanes of at least 4 members (excludes halogenated alkanes) is 2. The van der Waals surface area contributed by atoms with Crippen LogP contribution in [0.5, 0.6) is 0 Å². The van der Waals surface area contributed by atoms with Crippen LogP contribution < -0.4 is 11.1 Å². The van der Waals surface area contributed by atoms with Crippen LogP contribution in [0.15, 0.2) is 0 Å². The van der Waals surface area contributed by atoms with Crippen LogP contribution in [0, 0.1) is 5.41 Å². The Bertz CT molecular complexity index is 239. The molecule has 4 N–H and O–H groups in total. The fourth-order valence-corrected chi connectivity index (χ4v) is 1.09. The van der Waals surface area contributed by atoms with Crippen LogP contribution in [0.4, 0.5) is 0 Å².